The number of methoxy groups -OCH3 is 1. The number of aryl methyl sites for hydroxylation is 1. The van der Waals surface area contributed by atoms with Gasteiger partial charge in [0.2, 0.25) is 0 Å². The fourth-order valence-corrected chi connectivity index (χ4v) is 2.59. The van der Waals surface area contributed by atoms with Crippen LogP contribution in [-0.4, -0.2) is 18.9 Å². The number of allylic oxidation sites excluding steroid dienone is 1. The number of hydrogen-bond donors (Lipinski definition) is 0. The fourth-order valence-electron chi connectivity index (χ4n) is 2.59. The molecule has 0 aliphatic carbocycles. The minimum atomic E-state index is -0.461. The van der Waals surface area contributed by atoms with E-state index in [1.54, 1.807) is 60.7 Å². The van der Waals surface area contributed by atoms with Crippen LogP contribution in [0.1, 0.15) is 31.8 Å². The van der Waals surface area contributed by atoms with Crippen LogP contribution in [0.5, 0.6) is 11.5 Å². The van der Waals surface area contributed by atoms with Gasteiger partial charge in [-0.1, -0.05) is 60.2 Å². The summed E-state index contributed by atoms with van der Waals surface area (Å²) in [4.78, 5) is 24.5. The zero-order chi connectivity index (χ0) is 19.9. The molecule has 0 unspecified atom stereocenters. The molecule has 0 saturated heterocycles. The lowest BCUT2D eigenvalue weighted by atomic mass is 10.1. The molecule has 0 atom stereocenters. The second kappa shape index (κ2) is 8.82. The van der Waals surface area contributed by atoms with Crippen molar-refractivity contribution in [2.75, 3.05) is 7.11 Å². The first-order chi connectivity index (χ1) is 13.6. The van der Waals surface area contributed by atoms with Crippen LogP contribution in [0.15, 0.2) is 78.9 Å². The molecule has 3 aromatic rings. The topological polar surface area (TPSA) is 52.6 Å². The minimum Gasteiger partial charge on any atom is -0.493 e. The van der Waals surface area contributed by atoms with Crippen LogP contribution < -0.4 is 9.47 Å². The summed E-state index contributed by atoms with van der Waals surface area (Å²) < 4.78 is 10.8. The van der Waals surface area contributed by atoms with Gasteiger partial charge < -0.3 is 9.47 Å². The van der Waals surface area contributed by atoms with Crippen LogP contribution >= 0.6 is 0 Å². The number of ketones is 1. The summed E-state index contributed by atoms with van der Waals surface area (Å²) in [7, 11) is 1.50. The molecule has 28 heavy (non-hydrogen) atoms. The van der Waals surface area contributed by atoms with E-state index in [1.165, 1.54) is 13.2 Å². The van der Waals surface area contributed by atoms with Crippen LogP contribution in [0.25, 0.3) is 6.08 Å². The Morgan fingerprint density at radius 1 is 0.821 bits per heavy atom. The van der Waals surface area contributed by atoms with E-state index in [2.05, 4.69) is 0 Å². The Labute approximate surface area is 164 Å². The average Bonchev–Trinajstić information content (AvgIpc) is 2.73. The Balaban J connectivity index is 1.74. The monoisotopic (exact) mass is 372 g/mol. The van der Waals surface area contributed by atoms with E-state index in [0.717, 1.165) is 11.1 Å². The van der Waals surface area contributed by atoms with Gasteiger partial charge >= 0.3 is 5.97 Å². The number of ether oxygens (including phenoxy) is 2. The summed E-state index contributed by atoms with van der Waals surface area (Å²) in [5.74, 6) is 0.183. The zero-order valence-corrected chi connectivity index (χ0v) is 15.7. The predicted molar refractivity (Wildman–Crippen MR) is 109 cm³/mol. The molecule has 0 radical (unpaired) electrons. The molecule has 0 amide bonds. The molecule has 3 rings (SSSR count). The van der Waals surface area contributed by atoms with Gasteiger partial charge in [-0.3, -0.25) is 4.79 Å². The van der Waals surface area contributed by atoms with Crippen LogP contribution in [0.4, 0.5) is 0 Å². The van der Waals surface area contributed by atoms with Crippen molar-refractivity contribution in [3.05, 3.63) is 101 Å². The summed E-state index contributed by atoms with van der Waals surface area (Å²) in [6, 6.07) is 21.3. The van der Waals surface area contributed by atoms with Gasteiger partial charge in [0, 0.05) is 5.56 Å². The molecule has 0 aromatic heterocycles. The van der Waals surface area contributed by atoms with E-state index in [9.17, 15) is 9.59 Å². The molecule has 0 bridgehead atoms. The third-order valence-electron chi connectivity index (χ3n) is 4.16. The normalized spacial score (nSPS) is 10.6. The first kappa shape index (κ1) is 19.1. The van der Waals surface area contributed by atoms with E-state index in [-0.39, 0.29) is 5.78 Å². The number of benzene rings is 3. The van der Waals surface area contributed by atoms with E-state index < -0.39 is 5.97 Å². The van der Waals surface area contributed by atoms with E-state index in [1.807, 2.05) is 25.1 Å². The molecule has 0 saturated carbocycles. The van der Waals surface area contributed by atoms with Gasteiger partial charge in [-0.2, -0.15) is 0 Å². The Morgan fingerprint density at radius 3 is 2.21 bits per heavy atom. The third-order valence-corrected chi connectivity index (χ3v) is 4.16. The second-order valence-corrected chi connectivity index (χ2v) is 6.23. The van der Waals surface area contributed by atoms with E-state index in [4.69, 9.17) is 9.47 Å². The first-order valence-corrected chi connectivity index (χ1v) is 8.81. The predicted octanol–water partition coefficient (Wildman–Crippen LogP) is 5.12. The highest BCUT2D eigenvalue weighted by atomic mass is 16.6. The molecule has 0 aliphatic heterocycles. The summed E-state index contributed by atoms with van der Waals surface area (Å²) in [5, 5.41) is 0. The first-order valence-electron chi connectivity index (χ1n) is 8.81. The van der Waals surface area contributed by atoms with Crippen molar-refractivity contribution in [3.8, 4) is 11.5 Å². The largest absolute Gasteiger partial charge is 0.493 e. The fraction of sp³-hybridized carbons (Fsp3) is 0.0833. The number of hydrogen-bond acceptors (Lipinski definition) is 4. The van der Waals surface area contributed by atoms with Crippen molar-refractivity contribution in [2.45, 2.75) is 6.92 Å². The Bertz CT molecular complexity index is 1000. The Kier molecular flexibility index (Phi) is 6.02. The number of carbonyl (C=O) groups excluding carboxylic acids is 2. The van der Waals surface area contributed by atoms with Crippen molar-refractivity contribution in [1.29, 1.82) is 0 Å². The van der Waals surface area contributed by atoms with Crippen LogP contribution in [0, 0.1) is 6.92 Å². The van der Waals surface area contributed by atoms with Crippen molar-refractivity contribution >= 4 is 17.8 Å². The van der Waals surface area contributed by atoms with E-state index in [0.29, 0.717) is 22.6 Å². The van der Waals surface area contributed by atoms with Gasteiger partial charge in [-0.05, 0) is 42.8 Å². The molecule has 0 N–H and O–H groups in total. The quantitative estimate of drug-likeness (QED) is 0.261. The molecule has 0 heterocycles. The maximum Gasteiger partial charge on any atom is 0.343 e. The lowest BCUT2D eigenvalue weighted by Gasteiger charge is -2.10. The maximum absolute atomic E-state index is 12.3. The van der Waals surface area contributed by atoms with Gasteiger partial charge in [-0.15, -0.1) is 0 Å². The third kappa shape index (κ3) is 4.74. The molecule has 4 heteroatoms. The molecule has 140 valence electrons. The number of carbonyl (C=O) groups is 2. The summed E-state index contributed by atoms with van der Waals surface area (Å²) in [5.41, 5.74) is 2.95. The maximum atomic E-state index is 12.3. The second-order valence-electron chi connectivity index (χ2n) is 6.23. The standard InChI is InChI=1S/C24H20O4/c1-17-8-12-19(13-9-17)21(25)14-10-18-11-15-22(23(16-18)27-2)28-24(26)20-6-4-3-5-7-20/h3-16H,1-2H3. The highest BCUT2D eigenvalue weighted by Gasteiger charge is 2.12. The van der Waals surface area contributed by atoms with Crippen LogP contribution in [0.3, 0.4) is 0 Å². The van der Waals surface area contributed by atoms with Gasteiger partial charge in [-0.25, -0.2) is 4.79 Å². The Hall–Kier alpha value is -3.66. The lowest BCUT2D eigenvalue weighted by Crippen LogP contribution is -2.09. The molecule has 0 aliphatic rings. The van der Waals surface area contributed by atoms with Crippen LogP contribution in [-0.2, 0) is 0 Å². The molecule has 4 nitrogen and oxygen atoms in total. The van der Waals surface area contributed by atoms with Crippen molar-refractivity contribution in [3.63, 3.8) is 0 Å². The Morgan fingerprint density at radius 2 is 1.54 bits per heavy atom. The molecule has 3 aromatic carbocycles. The molecular formula is C24H20O4. The van der Waals surface area contributed by atoms with Gasteiger partial charge in [0.25, 0.3) is 0 Å². The molecule has 0 spiro atoms. The van der Waals surface area contributed by atoms with Crippen molar-refractivity contribution < 1.29 is 19.1 Å². The van der Waals surface area contributed by atoms with Gasteiger partial charge in [0.1, 0.15) is 0 Å². The van der Waals surface area contributed by atoms with E-state index >= 15 is 0 Å². The summed E-state index contributed by atoms with van der Waals surface area (Å²) >= 11 is 0. The molecular weight excluding hydrogens is 352 g/mol. The summed E-state index contributed by atoms with van der Waals surface area (Å²) in [6.07, 6.45) is 3.21. The van der Waals surface area contributed by atoms with Crippen molar-refractivity contribution in [2.24, 2.45) is 0 Å². The average molecular weight is 372 g/mol. The smallest absolute Gasteiger partial charge is 0.343 e. The van der Waals surface area contributed by atoms with Gasteiger partial charge in [0.05, 0.1) is 12.7 Å². The minimum absolute atomic E-state index is 0.0847. The highest BCUT2D eigenvalue weighted by molar-refractivity contribution is 6.06. The number of esters is 1. The SMILES string of the molecule is COc1cc(C=CC(=O)c2ccc(C)cc2)ccc1OC(=O)c1ccccc1. The zero-order valence-electron chi connectivity index (χ0n) is 15.7. The number of rotatable bonds is 6. The highest BCUT2D eigenvalue weighted by Crippen LogP contribution is 2.29. The molecule has 0 fully saturated rings. The van der Waals surface area contributed by atoms with Crippen molar-refractivity contribution in [1.82, 2.24) is 0 Å². The van der Waals surface area contributed by atoms with Crippen LogP contribution in [0.2, 0.25) is 0 Å². The lowest BCUT2D eigenvalue weighted by molar-refractivity contribution is 0.0729. The van der Waals surface area contributed by atoms with Gasteiger partial charge in [0.15, 0.2) is 17.3 Å². The summed E-state index contributed by atoms with van der Waals surface area (Å²) in [6.45, 7) is 1.97.